The van der Waals surface area contributed by atoms with Gasteiger partial charge in [0.2, 0.25) is 0 Å². The van der Waals surface area contributed by atoms with Crippen LogP contribution in [0, 0.1) is 0 Å². The van der Waals surface area contributed by atoms with E-state index in [9.17, 15) is 5.11 Å². The normalized spacial score (nSPS) is 30.4. The fourth-order valence-corrected chi connectivity index (χ4v) is 2.97. The molecule has 0 saturated carbocycles. The van der Waals surface area contributed by atoms with Gasteiger partial charge >= 0.3 is 0 Å². The number of nitrogens with one attached hydrogen (secondary N) is 1. The average molecular weight is 249 g/mol. The molecule has 18 heavy (non-hydrogen) atoms. The Kier molecular flexibility index (Phi) is 3.24. The Morgan fingerprint density at radius 2 is 2.33 bits per heavy atom. The lowest BCUT2D eigenvalue weighted by Crippen LogP contribution is -2.56. The van der Waals surface area contributed by atoms with E-state index < -0.39 is 0 Å². The van der Waals surface area contributed by atoms with Crippen molar-refractivity contribution in [3.8, 4) is 5.75 Å². The Bertz CT molecular complexity index is 435. The van der Waals surface area contributed by atoms with Gasteiger partial charge < -0.3 is 19.9 Å². The molecule has 0 aromatic heterocycles. The highest BCUT2D eigenvalue weighted by Gasteiger charge is 2.35. The second kappa shape index (κ2) is 4.88. The van der Waals surface area contributed by atoms with E-state index in [2.05, 4.69) is 11.4 Å². The predicted molar refractivity (Wildman–Crippen MR) is 67.9 cm³/mol. The minimum Gasteiger partial charge on any atom is -0.496 e. The van der Waals surface area contributed by atoms with E-state index in [4.69, 9.17) is 9.47 Å². The molecular weight excluding hydrogens is 230 g/mol. The molecule has 1 saturated heterocycles. The summed E-state index contributed by atoms with van der Waals surface area (Å²) in [5.74, 6) is 0.945. The highest BCUT2D eigenvalue weighted by molar-refractivity contribution is 5.43. The number of benzene rings is 1. The van der Waals surface area contributed by atoms with Crippen molar-refractivity contribution < 1.29 is 14.6 Å². The standard InChI is InChI=1S/C14H19NO3/c1-17-13-4-2-3-9-5-12-14(6-11(9)13)18-10(8-16)7-15-12/h2-4,10,12,14-16H,5-8H2,1H3/t10-,12-,14-/m1/s1. The zero-order valence-electron chi connectivity index (χ0n) is 10.6. The Balaban J connectivity index is 1.86. The first-order chi connectivity index (χ1) is 8.81. The van der Waals surface area contributed by atoms with Crippen molar-refractivity contribution in [2.45, 2.75) is 31.1 Å². The molecule has 1 aliphatic heterocycles. The lowest BCUT2D eigenvalue weighted by molar-refractivity contribution is -0.0844. The number of rotatable bonds is 2. The first-order valence-electron chi connectivity index (χ1n) is 6.46. The Morgan fingerprint density at radius 3 is 3.11 bits per heavy atom. The first-order valence-corrected chi connectivity index (χ1v) is 6.46. The van der Waals surface area contributed by atoms with E-state index in [1.807, 2.05) is 12.1 Å². The lowest BCUT2D eigenvalue weighted by Gasteiger charge is -2.40. The van der Waals surface area contributed by atoms with E-state index in [0.29, 0.717) is 6.04 Å². The zero-order valence-corrected chi connectivity index (χ0v) is 10.6. The molecule has 1 aromatic carbocycles. The van der Waals surface area contributed by atoms with Gasteiger partial charge in [-0.25, -0.2) is 0 Å². The summed E-state index contributed by atoms with van der Waals surface area (Å²) in [6.07, 6.45) is 1.88. The van der Waals surface area contributed by atoms with Crippen molar-refractivity contribution in [3.63, 3.8) is 0 Å². The van der Waals surface area contributed by atoms with E-state index in [1.54, 1.807) is 7.11 Å². The summed E-state index contributed by atoms with van der Waals surface area (Å²) in [4.78, 5) is 0. The largest absolute Gasteiger partial charge is 0.496 e. The molecule has 3 atom stereocenters. The highest BCUT2D eigenvalue weighted by atomic mass is 16.5. The number of aliphatic hydroxyl groups is 1. The number of hydrogen-bond donors (Lipinski definition) is 2. The molecule has 0 amide bonds. The van der Waals surface area contributed by atoms with Crippen LogP contribution in [0.1, 0.15) is 11.1 Å². The zero-order chi connectivity index (χ0) is 12.5. The van der Waals surface area contributed by atoms with Crippen LogP contribution in [0.3, 0.4) is 0 Å². The minimum absolute atomic E-state index is 0.0784. The fraction of sp³-hybridized carbons (Fsp3) is 0.571. The van der Waals surface area contributed by atoms with Crippen LogP contribution >= 0.6 is 0 Å². The van der Waals surface area contributed by atoms with Crippen molar-refractivity contribution >= 4 is 0 Å². The Labute approximate surface area is 107 Å². The molecule has 1 aliphatic carbocycles. The van der Waals surface area contributed by atoms with Crippen molar-refractivity contribution in [3.05, 3.63) is 29.3 Å². The van der Waals surface area contributed by atoms with Gasteiger partial charge in [0.15, 0.2) is 0 Å². The van der Waals surface area contributed by atoms with Crippen molar-refractivity contribution in [1.82, 2.24) is 5.32 Å². The van der Waals surface area contributed by atoms with Crippen LogP contribution in [0.25, 0.3) is 0 Å². The monoisotopic (exact) mass is 249 g/mol. The number of methoxy groups -OCH3 is 1. The number of morpholine rings is 1. The van der Waals surface area contributed by atoms with E-state index >= 15 is 0 Å². The quantitative estimate of drug-likeness (QED) is 0.802. The third-order valence-corrected chi connectivity index (χ3v) is 3.92. The first kappa shape index (κ1) is 12.0. The summed E-state index contributed by atoms with van der Waals surface area (Å²) >= 11 is 0. The van der Waals surface area contributed by atoms with Gasteiger partial charge in [-0.3, -0.25) is 0 Å². The molecule has 4 heteroatoms. The van der Waals surface area contributed by atoms with Crippen LogP contribution in [0.4, 0.5) is 0 Å². The van der Waals surface area contributed by atoms with Gasteiger partial charge in [0.05, 0.1) is 25.9 Å². The molecule has 4 nitrogen and oxygen atoms in total. The third-order valence-electron chi connectivity index (χ3n) is 3.92. The smallest absolute Gasteiger partial charge is 0.122 e. The van der Waals surface area contributed by atoms with Crippen molar-refractivity contribution in [2.24, 2.45) is 0 Å². The number of aliphatic hydroxyl groups excluding tert-OH is 1. The molecule has 0 bridgehead atoms. The second-order valence-corrected chi connectivity index (χ2v) is 5.00. The summed E-state index contributed by atoms with van der Waals surface area (Å²) in [5, 5.41) is 12.7. The van der Waals surface area contributed by atoms with E-state index in [0.717, 1.165) is 25.1 Å². The van der Waals surface area contributed by atoms with Gasteiger partial charge in [-0.15, -0.1) is 0 Å². The molecular formula is C14H19NO3. The number of fused-ring (bicyclic) bond motifs is 2. The third kappa shape index (κ3) is 2.00. The Hall–Kier alpha value is -1.10. The average Bonchev–Trinajstić information content (AvgIpc) is 2.43. The van der Waals surface area contributed by atoms with Crippen LogP contribution in [0.2, 0.25) is 0 Å². The summed E-state index contributed by atoms with van der Waals surface area (Å²) in [7, 11) is 1.71. The molecule has 1 fully saturated rings. The lowest BCUT2D eigenvalue weighted by atomic mass is 9.84. The van der Waals surface area contributed by atoms with Crippen molar-refractivity contribution in [1.29, 1.82) is 0 Å². The van der Waals surface area contributed by atoms with Crippen LogP contribution in [0.5, 0.6) is 5.75 Å². The minimum atomic E-state index is -0.0810. The molecule has 0 unspecified atom stereocenters. The number of ether oxygens (including phenoxy) is 2. The van der Waals surface area contributed by atoms with E-state index in [-0.39, 0.29) is 18.8 Å². The van der Waals surface area contributed by atoms with Gasteiger partial charge in [-0.1, -0.05) is 12.1 Å². The second-order valence-electron chi connectivity index (χ2n) is 5.00. The van der Waals surface area contributed by atoms with Crippen LogP contribution in [-0.2, 0) is 17.6 Å². The SMILES string of the molecule is COc1cccc2c1C[C@H]1O[C@@H](CO)CN[C@@H]1C2. The van der Waals surface area contributed by atoms with Gasteiger partial charge in [0.25, 0.3) is 0 Å². The fourth-order valence-electron chi connectivity index (χ4n) is 2.97. The Morgan fingerprint density at radius 1 is 1.44 bits per heavy atom. The maximum absolute atomic E-state index is 9.19. The highest BCUT2D eigenvalue weighted by Crippen LogP contribution is 2.32. The molecule has 98 valence electrons. The predicted octanol–water partition coefficient (Wildman–Crippen LogP) is 0.512. The molecule has 1 heterocycles. The molecule has 1 aromatic rings. The molecule has 0 radical (unpaired) electrons. The summed E-state index contributed by atoms with van der Waals surface area (Å²) in [6, 6.07) is 6.55. The maximum atomic E-state index is 9.19. The summed E-state index contributed by atoms with van der Waals surface area (Å²) in [5.41, 5.74) is 2.59. The van der Waals surface area contributed by atoms with Crippen LogP contribution in [0.15, 0.2) is 18.2 Å². The molecule has 3 rings (SSSR count). The van der Waals surface area contributed by atoms with Gasteiger partial charge in [-0.05, 0) is 23.6 Å². The summed E-state index contributed by atoms with van der Waals surface area (Å²) in [6.45, 7) is 0.811. The number of hydrogen-bond acceptors (Lipinski definition) is 4. The molecule has 2 N–H and O–H groups in total. The van der Waals surface area contributed by atoms with E-state index in [1.165, 1.54) is 11.1 Å². The van der Waals surface area contributed by atoms with Crippen LogP contribution in [-0.4, -0.2) is 43.6 Å². The van der Waals surface area contributed by atoms with Gasteiger partial charge in [0.1, 0.15) is 5.75 Å². The summed E-state index contributed by atoms with van der Waals surface area (Å²) < 4.78 is 11.3. The molecule has 2 aliphatic rings. The molecule has 0 spiro atoms. The van der Waals surface area contributed by atoms with Crippen molar-refractivity contribution in [2.75, 3.05) is 20.3 Å². The maximum Gasteiger partial charge on any atom is 0.122 e. The topological polar surface area (TPSA) is 50.7 Å². The van der Waals surface area contributed by atoms with Gasteiger partial charge in [-0.2, -0.15) is 0 Å². The van der Waals surface area contributed by atoms with Gasteiger partial charge in [0, 0.05) is 19.0 Å². The van der Waals surface area contributed by atoms with Crippen LogP contribution < -0.4 is 10.1 Å².